The Labute approximate surface area is 166 Å². The fourth-order valence-electron chi connectivity index (χ4n) is 2.74. The van der Waals surface area contributed by atoms with E-state index in [1.807, 2.05) is 0 Å². The molecule has 27 heavy (non-hydrogen) atoms. The lowest BCUT2D eigenvalue weighted by atomic mass is 10.1. The van der Waals surface area contributed by atoms with Gasteiger partial charge in [0.1, 0.15) is 6.04 Å². The highest BCUT2D eigenvalue weighted by atomic mass is 35.5. The standard InChI is InChI=1S/C19H17Cl2N3O3/c20-12-6-5-11(14(21)9-12)10-22-17(25)8-7-16-19(27)23-15-4-2-1-3-13(15)18(26)24-16/h1-6,9,16H,7-8,10H2,(H,22,25)(H,23,27)(H,24,26). The van der Waals surface area contributed by atoms with E-state index >= 15 is 0 Å². The second kappa shape index (κ2) is 8.41. The van der Waals surface area contributed by atoms with E-state index in [0.717, 1.165) is 5.56 Å². The van der Waals surface area contributed by atoms with Crippen LogP contribution in [0.5, 0.6) is 0 Å². The van der Waals surface area contributed by atoms with Crippen LogP contribution < -0.4 is 16.0 Å². The van der Waals surface area contributed by atoms with Crippen molar-refractivity contribution in [2.45, 2.75) is 25.4 Å². The van der Waals surface area contributed by atoms with Crippen LogP contribution >= 0.6 is 23.2 Å². The number of halogens is 2. The third kappa shape index (κ3) is 4.78. The van der Waals surface area contributed by atoms with E-state index in [0.29, 0.717) is 21.3 Å². The summed E-state index contributed by atoms with van der Waals surface area (Å²) in [7, 11) is 0. The number of rotatable bonds is 5. The number of anilines is 1. The Morgan fingerprint density at radius 3 is 2.67 bits per heavy atom. The summed E-state index contributed by atoms with van der Waals surface area (Å²) in [6.07, 6.45) is 0.270. The van der Waals surface area contributed by atoms with Crippen molar-refractivity contribution in [1.82, 2.24) is 10.6 Å². The molecule has 140 valence electrons. The van der Waals surface area contributed by atoms with Crippen molar-refractivity contribution in [3.8, 4) is 0 Å². The maximum absolute atomic E-state index is 12.3. The van der Waals surface area contributed by atoms with Gasteiger partial charge in [-0.2, -0.15) is 0 Å². The molecule has 2 aromatic carbocycles. The number of para-hydroxylation sites is 1. The number of hydrogen-bond acceptors (Lipinski definition) is 3. The summed E-state index contributed by atoms with van der Waals surface area (Å²) < 4.78 is 0. The molecular weight excluding hydrogens is 389 g/mol. The molecule has 0 aromatic heterocycles. The summed E-state index contributed by atoms with van der Waals surface area (Å²) in [6.45, 7) is 0.253. The average molecular weight is 406 g/mol. The Kier molecular flexibility index (Phi) is 5.98. The van der Waals surface area contributed by atoms with Crippen LogP contribution in [0.25, 0.3) is 0 Å². The summed E-state index contributed by atoms with van der Waals surface area (Å²) in [5.41, 5.74) is 1.60. The number of carbonyl (C=O) groups excluding carboxylic acids is 3. The first-order valence-electron chi connectivity index (χ1n) is 8.35. The van der Waals surface area contributed by atoms with E-state index in [1.165, 1.54) is 0 Å². The van der Waals surface area contributed by atoms with Crippen LogP contribution in [0.4, 0.5) is 5.69 Å². The third-order valence-electron chi connectivity index (χ3n) is 4.20. The lowest BCUT2D eigenvalue weighted by Crippen LogP contribution is -2.42. The largest absolute Gasteiger partial charge is 0.352 e. The molecular formula is C19H17Cl2N3O3. The van der Waals surface area contributed by atoms with Crippen LogP contribution in [0, 0.1) is 0 Å². The number of benzene rings is 2. The number of fused-ring (bicyclic) bond motifs is 1. The molecule has 1 unspecified atom stereocenters. The van der Waals surface area contributed by atoms with Gasteiger partial charge in [0.2, 0.25) is 11.8 Å². The molecule has 0 radical (unpaired) electrons. The lowest BCUT2D eigenvalue weighted by Gasteiger charge is -2.14. The monoisotopic (exact) mass is 405 g/mol. The number of hydrogen-bond donors (Lipinski definition) is 3. The summed E-state index contributed by atoms with van der Waals surface area (Å²) in [4.78, 5) is 36.7. The van der Waals surface area contributed by atoms with E-state index in [-0.39, 0.29) is 37.1 Å². The van der Waals surface area contributed by atoms with Crippen LogP contribution in [0.3, 0.4) is 0 Å². The highest BCUT2D eigenvalue weighted by Crippen LogP contribution is 2.21. The van der Waals surface area contributed by atoms with E-state index in [2.05, 4.69) is 16.0 Å². The fraction of sp³-hybridized carbons (Fsp3) is 0.211. The maximum atomic E-state index is 12.3. The normalized spacial score (nSPS) is 16.0. The molecule has 1 aliphatic rings. The van der Waals surface area contributed by atoms with Gasteiger partial charge in [-0.15, -0.1) is 0 Å². The van der Waals surface area contributed by atoms with Crippen molar-refractivity contribution in [2.24, 2.45) is 0 Å². The van der Waals surface area contributed by atoms with Crippen molar-refractivity contribution < 1.29 is 14.4 Å². The van der Waals surface area contributed by atoms with E-state index < -0.39 is 6.04 Å². The highest BCUT2D eigenvalue weighted by molar-refractivity contribution is 6.35. The smallest absolute Gasteiger partial charge is 0.254 e. The van der Waals surface area contributed by atoms with Gasteiger partial charge in [-0.1, -0.05) is 41.4 Å². The third-order valence-corrected chi connectivity index (χ3v) is 4.79. The van der Waals surface area contributed by atoms with Crippen molar-refractivity contribution in [3.05, 3.63) is 63.6 Å². The van der Waals surface area contributed by atoms with E-state index in [4.69, 9.17) is 23.2 Å². The van der Waals surface area contributed by atoms with E-state index in [9.17, 15) is 14.4 Å². The molecule has 8 heteroatoms. The Morgan fingerprint density at radius 2 is 1.89 bits per heavy atom. The second-order valence-electron chi connectivity index (χ2n) is 6.11. The molecule has 6 nitrogen and oxygen atoms in total. The van der Waals surface area contributed by atoms with E-state index in [1.54, 1.807) is 42.5 Å². The van der Waals surface area contributed by atoms with Gasteiger partial charge in [-0.3, -0.25) is 14.4 Å². The van der Waals surface area contributed by atoms with Crippen LogP contribution in [0.1, 0.15) is 28.8 Å². The molecule has 2 aromatic rings. The minimum atomic E-state index is -0.783. The first kappa shape index (κ1) is 19.2. The van der Waals surface area contributed by atoms with Gasteiger partial charge in [0, 0.05) is 23.0 Å². The molecule has 0 saturated heterocycles. The number of nitrogens with one attached hydrogen (secondary N) is 3. The lowest BCUT2D eigenvalue weighted by molar-refractivity contribution is -0.122. The zero-order valence-corrected chi connectivity index (χ0v) is 15.7. The van der Waals surface area contributed by atoms with Crippen LogP contribution in [0.2, 0.25) is 10.0 Å². The van der Waals surface area contributed by atoms with Crippen molar-refractivity contribution in [3.63, 3.8) is 0 Å². The number of amides is 3. The SMILES string of the molecule is O=C(CCC1NC(=O)c2ccccc2NC1=O)NCc1ccc(Cl)cc1Cl. The van der Waals surface area contributed by atoms with Crippen LogP contribution in [0.15, 0.2) is 42.5 Å². The summed E-state index contributed by atoms with van der Waals surface area (Å²) in [5, 5.41) is 9.11. The zero-order valence-electron chi connectivity index (χ0n) is 14.2. The van der Waals surface area contributed by atoms with Crippen molar-refractivity contribution in [1.29, 1.82) is 0 Å². The first-order valence-corrected chi connectivity index (χ1v) is 9.11. The maximum Gasteiger partial charge on any atom is 0.254 e. The predicted octanol–water partition coefficient (Wildman–Crippen LogP) is 3.14. The summed E-state index contributed by atoms with van der Waals surface area (Å²) in [5.74, 6) is -0.936. The summed E-state index contributed by atoms with van der Waals surface area (Å²) >= 11 is 11.9. The highest BCUT2D eigenvalue weighted by Gasteiger charge is 2.27. The Balaban J connectivity index is 1.54. The molecule has 0 fully saturated rings. The van der Waals surface area contributed by atoms with Crippen molar-refractivity contribution in [2.75, 3.05) is 5.32 Å². The topological polar surface area (TPSA) is 87.3 Å². The summed E-state index contributed by atoms with van der Waals surface area (Å²) in [6, 6.07) is 11.0. The van der Waals surface area contributed by atoms with Crippen LogP contribution in [-0.4, -0.2) is 23.8 Å². The van der Waals surface area contributed by atoms with Gasteiger partial charge >= 0.3 is 0 Å². The molecule has 1 atom stereocenters. The fourth-order valence-corrected chi connectivity index (χ4v) is 3.21. The second-order valence-corrected chi connectivity index (χ2v) is 6.96. The van der Waals surface area contributed by atoms with Gasteiger partial charge in [0.25, 0.3) is 5.91 Å². The molecule has 0 aliphatic carbocycles. The Morgan fingerprint density at radius 1 is 1.11 bits per heavy atom. The molecule has 3 rings (SSSR count). The Hall–Kier alpha value is -2.57. The average Bonchev–Trinajstić information content (AvgIpc) is 2.75. The minimum absolute atomic E-state index is 0.0833. The van der Waals surface area contributed by atoms with Crippen molar-refractivity contribution >= 4 is 46.6 Å². The Bertz CT molecular complexity index is 902. The molecule has 0 saturated carbocycles. The quantitative estimate of drug-likeness (QED) is 0.713. The first-order chi connectivity index (χ1) is 12.9. The van der Waals surface area contributed by atoms with Gasteiger partial charge in [-0.05, 0) is 36.2 Å². The molecule has 0 bridgehead atoms. The van der Waals surface area contributed by atoms with Gasteiger partial charge in [0.05, 0.1) is 11.3 Å². The minimum Gasteiger partial charge on any atom is -0.352 e. The van der Waals surface area contributed by atoms with Crippen LogP contribution in [-0.2, 0) is 16.1 Å². The van der Waals surface area contributed by atoms with Gasteiger partial charge in [-0.25, -0.2) is 0 Å². The van der Waals surface area contributed by atoms with Gasteiger partial charge < -0.3 is 16.0 Å². The predicted molar refractivity (Wildman–Crippen MR) is 104 cm³/mol. The zero-order chi connectivity index (χ0) is 19.4. The number of carbonyl (C=O) groups is 3. The molecule has 1 aliphatic heterocycles. The molecule has 3 amide bonds. The molecule has 0 spiro atoms. The van der Waals surface area contributed by atoms with Gasteiger partial charge in [0.15, 0.2) is 0 Å². The molecule has 3 N–H and O–H groups in total. The molecule has 1 heterocycles.